The zero-order valence-corrected chi connectivity index (χ0v) is 10.9. The third-order valence-electron chi connectivity index (χ3n) is 3.27. The van der Waals surface area contributed by atoms with E-state index in [2.05, 4.69) is 6.58 Å². The summed E-state index contributed by atoms with van der Waals surface area (Å²) in [6.07, 6.45) is 1.06. The van der Waals surface area contributed by atoms with Gasteiger partial charge in [0, 0.05) is 17.6 Å². The largest absolute Gasteiger partial charge is 0.481 e. The molecule has 0 spiro atoms. The van der Waals surface area contributed by atoms with E-state index in [0.29, 0.717) is 18.4 Å². The standard InChI is InChI=1S/C16H16O3/c1-10(2)15-12-7-4-3-6-11(12)13(16(15)19)8-5-9-14(17)18/h3-4,6-7H,1,5,8-9H2,2H3,(H,17,18). The van der Waals surface area contributed by atoms with Crippen LogP contribution in [0, 0.1) is 0 Å². The second kappa shape index (κ2) is 5.22. The van der Waals surface area contributed by atoms with Gasteiger partial charge in [-0.3, -0.25) is 9.59 Å². The maximum atomic E-state index is 12.4. The molecule has 3 heteroatoms. The average Bonchev–Trinajstić information content (AvgIpc) is 2.62. The van der Waals surface area contributed by atoms with Gasteiger partial charge < -0.3 is 5.11 Å². The van der Waals surface area contributed by atoms with Crippen LogP contribution >= 0.6 is 0 Å². The fourth-order valence-electron chi connectivity index (χ4n) is 2.45. The van der Waals surface area contributed by atoms with Crippen LogP contribution in [0.2, 0.25) is 0 Å². The van der Waals surface area contributed by atoms with E-state index in [1.54, 1.807) is 0 Å². The number of aliphatic carboxylic acids is 1. The minimum atomic E-state index is -0.830. The van der Waals surface area contributed by atoms with E-state index >= 15 is 0 Å². The van der Waals surface area contributed by atoms with E-state index in [1.165, 1.54) is 0 Å². The van der Waals surface area contributed by atoms with Crippen molar-refractivity contribution in [2.75, 3.05) is 0 Å². The number of carboxylic acids is 1. The lowest BCUT2D eigenvalue weighted by Gasteiger charge is -2.03. The van der Waals surface area contributed by atoms with Crippen LogP contribution in [0.3, 0.4) is 0 Å². The molecule has 0 bridgehead atoms. The van der Waals surface area contributed by atoms with E-state index in [1.807, 2.05) is 31.2 Å². The molecule has 1 aromatic rings. The van der Waals surface area contributed by atoms with Crippen molar-refractivity contribution in [3.05, 3.63) is 46.9 Å². The summed E-state index contributed by atoms with van der Waals surface area (Å²) in [5, 5.41) is 10.5. The number of carbonyl (C=O) groups is 2. The lowest BCUT2D eigenvalue weighted by atomic mass is 9.99. The molecule has 0 saturated carbocycles. The summed E-state index contributed by atoms with van der Waals surface area (Å²) in [6.45, 7) is 5.69. The lowest BCUT2D eigenvalue weighted by Crippen LogP contribution is -2.23. The summed E-state index contributed by atoms with van der Waals surface area (Å²) >= 11 is 0. The summed E-state index contributed by atoms with van der Waals surface area (Å²) in [6, 6.07) is 7.63. The molecule has 3 nitrogen and oxygen atoms in total. The molecule has 19 heavy (non-hydrogen) atoms. The summed E-state index contributed by atoms with van der Waals surface area (Å²) in [4.78, 5) is 23.0. The predicted octanol–water partition coefficient (Wildman–Crippen LogP) is 1.40. The van der Waals surface area contributed by atoms with Gasteiger partial charge in [0.05, 0.1) is 0 Å². The molecule has 0 saturated heterocycles. The molecule has 98 valence electrons. The monoisotopic (exact) mass is 256 g/mol. The van der Waals surface area contributed by atoms with Crippen LogP contribution in [0.15, 0.2) is 36.4 Å². The topological polar surface area (TPSA) is 54.4 Å². The summed E-state index contributed by atoms with van der Waals surface area (Å²) in [5.41, 5.74) is 2.14. The Morgan fingerprint density at radius 3 is 2.47 bits per heavy atom. The minimum Gasteiger partial charge on any atom is -0.481 e. The van der Waals surface area contributed by atoms with Gasteiger partial charge in [-0.1, -0.05) is 30.8 Å². The molecule has 0 amide bonds. The molecule has 1 aliphatic rings. The molecule has 0 radical (unpaired) electrons. The fraction of sp³-hybridized carbons (Fsp3) is 0.250. The fourth-order valence-corrected chi connectivity index (χ4v) is 2.45. The Balaban J connectivity index is 2.45. The van der Waals surface area contributed by atoms with Crippen molar-refractivity contribution >= 4 is 22.9 Å². The van der Waals surface area contributed by atoms with Crippen LogP contribution in [0.4, 0.5) is 0 Å². The molecule has 0 fully saturated rings. The van der Waals surface area contributed by atoms with Gasteiger partial charge in [-0.15, -0.1) is 0 Å². The predicted molar refractivity (Wildman–Crippen MR) is 73.8 cm³/mol. The molecule has 0 aromatic heterocycles. The van der Waals surface area contributed by atoms with Gasteiger partial charge in [-0.25, -0.2) is 0 Å². The molecular weight excluding hydrogens is 240 g/mol. The van der Waals surface area contributed by atoms with Gasteiger partial charge in [0.25, 0.3) is 0 Å². The van der Waals surface area contributed by atoms with E-state index in [0.717, 1.165) is 21.6 Å². The van der Waals surface area contributed by atoms with Gasteiger partial charge >= 0.3 is 5.97 Å². The highest BCUT2D eigenvalue weighted by atomic mass is 16.4. The highest BCUT2D eigenvalue weighted by molar-refractivity contribution is 6.40. The molecule has 1 aliphatic carbocycles. The SMILES string of the molecule is C=C(C)C1=c2ccccc2=C(CCCC(=O)O)C1=O. The Morgan fingerprint density at radius 1 is 1.26 bits per heavy atom. The minimum absolute atomic E-state index is 0.000844. The van der Waals surface area contributed by atoms with Crippen LogP contribution in [0.1, 0.15) is 26.2 Å². The number of allylic oxidation sites excluding steroid dienone is 1. The summed E-state index contributed by atoms with van der Waals surface area (Å²) in [5.74, 6) is -0.831. The molecule has 0 aliphatic heterocycles. The van der Waals surface area contributed by atoms with Crippen LogP contribution in [-0.2, 0) is 9.59 Å². The molecule has 1 aromatic carbocycles. The molecule has 0 unspecified atom stereocenters. The highest BCUT2D eigenvalue weighted by Gasteiger charge is 2.23. The number of benzene rings is 1. The van der Waals surface area contributed by atoms with E-state index in [9.17, 15) is 9.59 Å². The van der Waals surface area contributed by atoms with Crippen molar-refractivity contribution in [2.45, 2.75) is 26.2 Å². The number of rotatable bonds is 5. The first-order valence-corrected chi connectivity index (χ1v) is 6.27. The van der Waals surface area contributed by atoms with E-state index in [-0.39, 0.29) is 12.2 Å². The smallest absolute Gasteiger partial charge is 0.303 e. The lowest BCUT2D eigenvalue weighted by molar-refractivity contribution is -0.137. The van der Waals surface area contributed by atoms with Crippen molar-refractivity contribution in [3.63, 3.8) is 0 Å². The Kier molecular flexibility index (Phi) is 3.65. The molecule has 1 N–H and O–H groups in total. The normalized spacial score (nSPS) is 13.6. The van der Waals surface area contributed by atoms with E-state index in [4.69, 9.17) is 5.11 Å². The van der Waals surface area contributed by atoms with Gasteiger partial charge in [0.2, 0.25) is 0 Å². The van der Waals surface area contributed by atoms with Crippen LogP contribution in [0.5, 0.6) is 0 Å². The van der Waals surface area contributed by atoms with Crippen LogP contribution < -0.4 is 10.4 Å². The zero-order chi connectivity index (χ0) is 14.0. The maximum absolute atomic E-state index is 12.4. The first-order chi connectivity index (χ1) is 9.02. The third-order valence-corrected chi connectivity index (χ3v) is 3.27. The van der Waals surface area contributed by atoms with Crippen molar-refractivity contribution in [2.24, 2.45) is 0 Å². The van der Waals surface area contributed by atoms with Gasteiger partial charge in [0.1, 0.15) is 0 Å². The Labute approximate surface area is 111 Å². The summed E-state index contributed by atoms with van der Waals surface area (Å²) in [7, 11) is 0. The van der Waals surface area contributed by atoms with Gasteiger partial charge in [-0.2, -0.15) is 0 Å². The summed E-state index contributed by atoms with van der Waals surface area (Å²) < 4.78 is 0. The number of carboxylic acid groups (broad SMARTS) is 1. The molecule has 2 rings (SSSR count). The van der Waals surface area contributed by atoms with Crippen LogP contribution in [0.25, 0.3) is 11.1 Å². The average molecular weight is 256 g/mol. The Bertz CT molecular complexity index is 680. The Hall–Kier alpha value is -2.16. The van der Waals surface area contributed by atoms with Crippen molar-refractivity contribution in [1.29, 1.82) is 0 Å². The first kappa shape index (κ1) is 13.3. The number of ketones is 1. The second-order valence-electron chi connectivity index (χ2n) is 4.76. The molecule has 0 atom stereocenters. The van der Waals surface area contributed by atoms with Crippen molar-refractivity contribution in [3.8, 4) is 0 Å². The van der Waals surface area contributed by atoms with Gasteiger partial charge in [0.15, 0.2) is 5.78 Å². The number of fused-ring (bicyclic) bond motifs is 1. The van der Waals surface area contributed by atoms with Crippen molar-refractivity contribution in [1.82, 2.24) is 0 Å². The Morgan fingerprint density at radius 2 is 1.89 bits per heavy atom. The number of Topliss-reactive ketones (excluding diaryl/α,β-unsaturated/α-hetero) is 1. The quantitative estimate of drug-likeness (QED) is 0.866. The van der Waals surface area contributed by atoms with E-state index < -0.39 is 5.97 Å². The molecular formula is C16H16O3. The highest BCUT2D eigenvalue weighted by Crippen LogP contribution is 2.20. The zero-order valence-electron chi connectivity index (χ0n) is 10.9. The number of hydrogen-bond acceptors (Lipinski definition) is 2. The molecule has 0 heterocycles. The first-order valence-electron chi connectivity index (χ1n) is 6.27. The number of carbonyl (C=O) groups excluding carboxylic acids is 1. The van der Waals surface area contributed by atoms with Gasteiger partial charge in [-0.05, 0) is 35.8 Å². The number of hydrogen-bond donors (Lipinski definition) is 1. The third kappa shape index (κ3) is 2.50. The second-order valence-corrected chi connectivity index (χ2v) is 4.76. The van der Waals surface area contributed by atoms with Crippen molar-refractivity contribution < 1.29 is 14.7 Å². The maximum Gasteiger partial charge on any atom is 0.303 e. The van der Waals surface area contributed by atoms with Crippen LogP contribution in [-0.4, -0.2) is 16.9 Å².